The van der Waals surface area contributed by atoms with Crippen LogP contribution in [-0.2, 0) is 9.53 Å². The molecule has 2 aromatic heterocycles. The Morgan fingerprint density at radius 2 is 2.45 bits per heavy atom. The van der Waals surface area contributed by atoms with Crippen molar-refractivity contribution in [2.45, 2.75) is 18.0 Å². The molecule has 0 saturated carbocycles. The summed E-state index contributed by atoms with van der Waals surface area (Å²) < 4.78 is 6.26. The summed E-state index contributed by atoms with van der Waals surface area (Å²) in [6.07, 6.45) is 5.29. The van der Waals surface area contributed by atoms with Gasteiger partial charge in [0, 0.05) is 0 Å². The molecule has 0 saturated heterocycles. The summed E-state index contributed by atoms with van der Waals surface area (Å²) in [4.78, 5) is 31.8. The van der Waals surface area contributed by atoms with Crippen LogP contribution in [0.3, 0.4) is 0 Å². The molecule has 0 aliphatic rings. The fraction of sp³-hybridized carbons (Fsp3) is 0.333. The quantitative estimate of drug-likeness (QED) is 0.386. The van der Waals surface area contributed by atoms with Gasteiger partial charge in [0.25, 0.3) is 5.56 Å². The molecule has 2 rings (SSSR count). The molecule has 0 spiro atoms. The number of anilines is 1. The fourth-order valence-corrected chi connectivity index (χ4v) is 1.93. The number of aromatic amines is 1. The van der Waals surface area contributed by atoms with E-state index < -0.39 is 29.2 Å². The number of rotatable bonds is 4. The van der Waals surface area contributed by atoms with E-state index in [1.54, 1.807) is 0 Å². The number of aliphatic hydroxyl groups is 1. The molecule has 116 valence electrons. The van der Waals surface area contributed by atoms with Gasteiger partial charge < -0.3 is 15.6 Å². The van der Waals surface area contributed by atoms with Crippen molar-refractivity contribution in [1.82, 2.24) is 19.5 Å². The topological polar surface area (TPSA) is 136 Å². The molecular weight excluding hydrogens is 314 g/mol. The Bertz CT molecular complexity index is 819. The average Bonchev–Trinajstić information content (AvgIpc) is 2.87. The van der Waals surface area contributed by atoms with Crippen molar-refractivity contribution in [1.29, 1.82) is 0 Å². The summed E-state index contributed by atoms with van der Waals surface area (Å²) in [7, 11) is 0. The lowest BCUT2D eigenvalue weighted by molar-refractivity contribution is -0.158. The van der Waals surface area contributed by atoms with Crippen LogP contribution in [0.4, 0.5) is 5.95 Å². The van der Waals surface area contributed by atoms with Crippen LogP contribution in [-0.4, -0.2) is 42.1 Å². The number of aliphatic hydroxyl groups excluding tert-OH is 1. The number of esters is 1. The van der Waals surface area contributed by atoms with Crippen LogP contribution in [0, 0.1) is 12.3 Å². The van der Waals surface area contributed by atoms with Gasteiger partial charge in [-0.15, -0.1) is 6.42 Å². The molecule has 0 amide bonds. The number of alkyl halides is 1. The summed E-state index contributed by atoms with van der Waals surface area (Å²) in [6.45, 7) is 0.559. The number of ether oxygens (including phenoxy) is 1. The number of nitrogens with one attached hydrogen (secondary N) is 1. The lowest BCUT2D eigenvalue weighted by Crippen LogP contribution is -2.34. The number of nitrogen functional groups attached to an aromatic ring is 1. The van der Waals surface area contributed by atoms with E-state index in [4.69, 9.17) is 33.6 Å². The molecule has 22 heavy (non-hydrogen) atoms. The standard InChI is InChI=1S/C12H12ClN5O4/c1-3-12(2,13)10(22-6(20)4-19)18-5-15-7-8(18)16-11(14)17-9(7)21/h1,5,10,19H,4H2,2H3,(H3,14,16,17,21)/t10-,12?/m1/s1. The molecule has 0 bridgehead atoms. The Hall–Kier alpha value is -2.57. The molecule has 0 aliphatic carbocycles. The van der Waals surface area contributed by atoms with Crippen molar-refractivity contribution in [3.05, 3.63) is 16.7 Å². The first-order chi connectivity index (χ1) is 10.3. The highest BCUT2D eigenvalue weighted by atomic mass is 35.5. The van der Waals surface area contributed by atoms with Gasteiger partial charge in [-0.05, 0) is 6.92 Å². The van der Waals surface area contributed by atoms with Gasteiger partial charge in [-0.1, -0.05) is 17.5 Å². The van der Waals surface area contributed by atoms with Gasteiger partial charge in [0.2, 0.25) is 12.2 Å². The summed E-state index contributed by atoms with van der Waals surface area (Å²) >= 11 is 6.17. The minimum atomic E-state index is -1.47. The van der Waals surface area contributed by atoms with Gasteiger partial charge in [0.15, 0.2) is 16.0 Å². The molecular formula is C12H12ClN5O4. The molecule has 0 radical (unpaired) electrons. The first-order valence-electron chi connectivity index (χ1n) is 5.99. The van der Waals surface area contributed by atoms with Gasteiger partial charge in [0.05, 0.1) is 0 Å². The molecule has 2 heterocycles. The smallest absolute Gasteiger partial charge is 0.333 e. The highest BCUT2D eigenvalue weighted by Crippen LogP contribution is 2.32. The SMILES string of the molecule is C#CC(C)(Cl)[C@@H](OC(=O)CO)n1cnc2c(=O)[nH]c(N)nc21. The maximum atomic E-state index is 11.8. The Balaban J connectivity index is 2.65. The Kier molecular flexibility index (Phi) is 4.07. The predicted molar refractivity (Wildman–Crippen MR) is 77.9 cm³/mol. The largest absolute Gasteiger partial charge is 0.436 e. The maximum Gasteiger partial charge on any atom is 0.333 e. The zero-order valence-corrected chi connectivity index (χ0v) is 12.2. The highest BCUT2D eigenvalue weighted by Gasteiger charge is 2.36. The number of carbonyl (C=O) groups is 1. The van der Waals surface area contributed by atoms with Gasteiger partial charge in [-0.3, -0.25) is 14.3 Å². The number of terminal acetylenes is 1. The van der Waals surface area contributed by atoms with E-state index in [1.165, 1.54) is 17.8 Å². The van der Waals surface area contributed by atoms with Gasteiger partial charge in [0.1, 0.15) is 12.9 Å². The summed E-state index contributed by atoms with van der Waals surface area (Å²) in [6, 6.07) is 0. The van der Waals surface area contributed by atoms with E-state index in [9.17, 15) is 9.59 Å². The number of fused-ring (bicyclic) bond motifs is 1. The second kappa shape index (κ2) is 5.67. The zero-order valence-electron chi connectivity index (χ0n) is 11.4. The average molecular weight is 326 g/mol. The normalized spacial score (nSPS) is 15.0. The van der Waals surface area contributed by atoms with E-state index in [-0.39, 0.29) is 17.1 Å². The lowest BCUT2D eigenvalue weighted by atomic mass is 10.1. The second-order valence-electron chi connectivity index (χ2n) is 4.50. The molecule has 10 heteroatoms. The zero-order chi connectivity index (χ0) is 16.5. The van der Waals surface area contributed by atoms with Gasteiger partial charge in [-0.2, -0.15) is 4.98 Å². The molecule has 4 N–H and O–H groups in total. The van der Waals surface area contributed by atoms with Crippen molar-refractivity contribution in [3.63, 3.8) is 0 Å². The third-order valence-corrected chi connectivity index (χ3v) is 3.12. The number of hydrogen-bond donors (Lipinski definition) is 3. The number of aromatic nitrogens is 4. The minimum Gasteiger partial charge on any atom is -0.436 e. The van der Waals surface area contributed by atoms with Crippen LogP contribution >= 0.6 is 11.6 Å². The van der Waals surface area contributed by atoms with Crippen molar-refractivity contribution in [2.75, 3.05) is 12.3 Å². The highest BCUT2D eigenvalue weighted by molar-refractivity contribution is 6.26. The molecule has 1 unspecified atom stereocenters. The third-order valence-electron chi connectivity index (χ3n) is 2.82. The minimum absolute atomic E-state index is 0.0243. The number of nitrogens with two attached hydrogens (primary N) is 1. The molecule has 2 atom stereocenters. The molecule has 9 nitrogen and oxygen atoms in total. The lowest BCUT2D eigenvalue weighted by Gasteiger charge is -2.28. The van der Waals surface area contributed by atoms with Crippen molar-refractivity contribution in [3.8, 4) is 12.3 Å². The number of imidazole rings is 1. The molecule has 2 aromatic rings. The van der Waals surface area contributed by atoms with E-state index in [0.717, 1.165) is 0 Å². The van der Waals surface area contributed by atoms with E-state index in [0.29, 0.717) is 0 Å². The van der Waals surface area contributed by atoms with Crippen LogP contribution in [0.1, 0.15) is 13.2 Å². The monoisotopic (exact) mass is 325 g/mol. The van der Waals surface area contributed by atoms with E-state index >= 15 is 0 Å². The Labute approximate surface area is 129 Å². The number of nitrogens with zero attached hydrogens (tertiary/aromatic N) is 3. The van der Waals surface area contributed by atoms with Crippen LogP contribution < -0.4 is 11.3 Å². The Morgan fingerprint density at radius 3 is 3.05 bits per heavy atom. The third kappa shape index (κ3) is 2.74. The number of carbonyl (C=O) groups excluding carboxylic acids is 1. The predicted octanol–water partition coefficient (Wildman–Crippen LogP) is -0.633. The fourth-order valence-electron chi connectivity index (χ4n) is 1.78. The molecule has 0 fully saturated rings. The van der Waals surface area contributed by atoms with Crippen molar-refractivity contribution in [2.24, 2.45) is 0 Å². The summed E-state index contributed by atoms with van der Waals surface area (Å²) in [5, 5.41) is 8.84. The van der Waals surface area contributed by atoms with Gasteiger partial charge in [-0.25, -0.2) is 9.78 Å². The van der Waals surface area contributed by atoms with Crippen LogP contribution in [0.5, 0.6) is 0 Å². The van der Waals surface area contributed by atoms with E-state index in [1.807, 2.05) is 0 Å². The number of H-pyrrole nitrogens is 1. The van der Waals surface area contributed by atoms with Gasteiger partial charge >= 0.3 is 5.97 Å². The second-order valence-corrected chi connectivity index (χ2v) is 5.28. The first kappa shape index (κ1) is 15.8. The molecule has 0 aromatic carbocycles. The van der Waals surface area contributed by atoms with Crippen molar-refractivity contribution >= 4 is 34.7 Å². The summed E-state index contributed by atoms with van der Waals surface area (Å²) in [5.41, 5.74) is 4.95. The van der Waals surface area contributed by atoms with Crippen LogP contribution in [0.2, 0.25) is 0 Å². The maximum absolute atomic E-state index is 11.8. The number of hydrogen-bond acceptors (Lipinski definition) is 7. The van der Waals surface area contributed by atoms with E-state index in [2.05, 4.69) is 20.9 Å². The Morgan fingerprint density at radius 1 is 1.77 bits per heavy atom. The van der Waals surface area contributed by atoms with Crippen LogP contribution in [0.25, 0.3) is 11.2 Å². The summed E-state index contributed by atoms with van der Waals surface area (Å²) in [5.74, 6) is 1.16. The van der Waals surface area contributed by atoms with Crippen LogP contribution in [0.15, 0.2) is 11.1 Å². The number of halogens is 1. The first-order valence-corrected chi connectivity index (χ1v) is 6.37. The van der Waals surface area contributed by atoms with Crippen molar-refractivity contribution < 1.29 is 14.6 Å². The molecule has 0 aliphatic heterocycles.